The molecule has 0 saturated carbocycles. The summed E-state index contributed by atoms with van der Waals surface area (Å²) < 4.78 is 10.7. The van der Waals surface area contributed by atoms with Crippen molar-refractivity contribution in [1.82, 2.24) is 10.6 Å². The van der Waals surface area contributed by atoms with Gasteiger partial charge in [-0.25, -0.2) is 9.59 Å². The lowest BCUT2D eigenvalue weighted by Crippen LogP contribution is -2.45. The highest BCUT2D eigenvalue weighted by molar-refractivity contribution is 5.95. The first kappa shape index (κ1) is 21.2. The van der Waals surface area contributed by atoms with Crippen molar-refractivity contribution < 1.29 is 24.0 Å². The van der Waals surface area contributed by atoms with Crippen LogP contribution in [0, 0.1) is 16.0 Å². The van der Waals surface area contributed by atoms with Crippen LogP contribution in [-0.4, -0.2) is 30.1 Å². The number of nitrogens with one attached hydrogen (secondary N) is 2. The van der Waals surface area contributed by atoms with E-state index in [1.165, 1.54) is 12.1 Å². The molecule has 2 rings (SSSR count). The van der Waals surface area contributed by atoms with Crippen LogP contribution >= 0.6 is 0 Å². The van der Waals surface area contributed by atoms with Crippen molar-refractivity contribution in [3.63, 3.8) is 0 Å². The number of nitro benzene ring substituents is 1. The van der Waals surface area contributed by atoms with E-state index in [1.807, 2.05) is 20.8 Å². The molecule has 9 heteroatoms. The molecular weight excluding hydrogens is 366 g/mol. The third kappa shape index (κ3) is 4.99. The molecule has 0 saturated heterocycles. The number of benzene rings is 1. The zero-order valence-electron chi connectivity index (χ0n) is 16.4. The SMILES string of the molecule is CCCOc1ccc(C2NC(=O)NC(C)=C2C(=O)OCC(C)C)cc1[N+](=O)[O-]. The van der Waals surface area contributed by atoms with Gasteiger partial charge in [0.05, 0.1) is 29.8 Å². The maximum absolute atomic E-state index is 12.6. The number of allylic oxidation sites excluding steroid dienone is 1. The average Bonchev–Trinajstić information content (AvgIpc) is 2.63. The van der Waals surface area contributed by atoms with Crippen LogP contribution in [0.4, 0.5) is 10.5 Å². The number of urea groups is 1. The van der Waals surface area contributed by atoms with Crippen molar-refractivity contribution in [2.24, 2.45) is 5.92 Å². The van der Waals surface area contributed by atoms with Gasteiger partial charge in [-0.3, -0.25) is 10.1 Å². The molecule has 2 amide bonds. The van der Waals surface area contributed by atoms with Gasteiger partial charge >= 0.3 is 17.7 Å². The maximum Gasteiger partial charge on any atom is 0.338 e. The molecule has 1 atom stereocenters. The van der Waals surface area contributed by atoms with Gasteiger partial charge in [-0.2, -0.15) is 0 Å². The van der Waals surface area contributed by atoms with E-state index in [0.29, 0.717) is 24.3 Å². The van der Waals surface area contributed by atoms with Gasteiger partial charge in [0, 0.05) is 11.8 Å². The summed E-state index contributed by atoms with van der Waals surface area (Å²) in [6.45, 7) is 7.87. The summed E-state index contributed by atoms with van der Waals surface area (Å²) >= 11 is 0. The Hall–Kier alpha value is -3.10. The molecule has 0 bridgehead atoms. The maximum atomic E-state index is 12.6. The van der Waals surface area contributed by atoms with Gasteiger partial charge in [-0.1, -0.05) is 26.8 Å². The van der Waals surface area contributed by atoms with E-state index in [-0.39, 0.29) is 29.5 Å². The minimum absolute atomic E-state index is 0.139. The molecule has 0 radical (unpaired) electrons. The average molecular weight is 391 g/mol. The summed E-state index contributed by atoms with van der Waals surface area (Å²) in [6, 6.07) is 3.01. The number of esters is 1. The number of rotatable bonds is 8. The van der Waals surface area contributed by atoms with Gasteiger partial charge in [0.2, 0.25) is 0 Å². The molecule has 28 heavy (non-hydrogen) atoms. The number of amides is 2. The van der Waals surface area contributed by atoms with Crippen molar-refractivity contribution in [3.05, 3.63) is 45.1 Å². The van der Waals surface area contributed by atoms with E-state index in [2.05, 4.69) is 10.6 Å². The Morgan fingerprint density at radius 3 is 2.68 bits per heavy atom. The topological polar surface area (TPSA) is 120 Å². The van der Waals surface area contributed by atoms with Crippen LogP contribution in [0.25, 0.3) is 0 Å². The van der Waals surface area contributed by atoms with Gasteiger partial charge in [0.25, 0.3) is 0 Å². The molecule has 1 aromatic carbocycles. The Morgan fingerprint density at radius 2 is 2.07 bits per heavy atom. The van der Waals surface area contributed by atoms with Crippen molar-refractivity contribution in [3.8, 4) is 5.75 Å². The number of ether oxygens (including phenoxy) is 2. The standard InChI is InChI=1S/C19H25N3O6/c1-5-8-27-15-7-6-13(9-14(15)22(25)26)17-16(12(4)20-19(24)21-17)18(23)28-10-11(2)3/h6-7,9,11,17H,5,8,10H2,1-4H3,(H2,20,21,24). The number of nitrogens with zero attached hydrogens (tertiary/aromatic N) is 1. The molecule has 0 spiro atoms. The van der Waals surface area contributed by atoms with Crippen molar-refractivity contribution in [1.29, 1.82) is 0 Å². The Kier molecular flexibility index (Phi) is 6.97. The second kappa shape index (κ2) is 9.20. The fourth-order valence-corrected chi connectivity index (χ4v) is 2.73. The van der Waals surface area contributed by atoms with Gasteiger partial charge in [-0.15, -0.1) is 0 Å². The second-order valence-corrected chi connectivity index (χ2v) is 6.90. The number of hydrogen-bond acceptors (Lipinski definition) is 6. The summed E-state index contributed by atoms with van der Waals surface area (Å²) in [5, 5.41) is 16.6. The monoisotopic (exact) mass is 391 g/mol. The second-order valence-electron chi connectivity index (χ2n) is 6.90. The number of nitro groups is 1. The minimum Gasteiger partial charge on any atom is -0.487 e. The van der Waals surface area contributed by atoms with Gasteiger partial charge in [0.15, 0.2) is 5.75 Å². The van der Waals surface area contributed by atoms with Crippen molar-refractivity contribution in [2.45, 2.75) is 40.2 Å². The summed E-state index contributed by atoms with van der Waals surface area (Å²) in [5.41, 5.74) is 0.709. The summed E-state index contributed by atoms with van der Waals surface area (Å²) in [7, 11) is 0. The fourth-order valence-electron chi connectivity index (χ4n) is 2.73. The molecule has 0 aromatic heterocycles. The molecule has 1 unspecified atom stereocenters. The van der Waals surface area contributed by atoms with Crippen molar-refractivity contribution in [2.75, 3.05) is 13.2 Å². The zero-order valence-corrected chi connectivity index (χ0v) is 16.4. The Morgan fingerprint density at radius 1 is 1.36 bits per heavy atom. The number of hydrogen-bond donors (Lipinski definition) is 2. The molecule has 1 aliphatic rings. The molecular formula is C19H25N3O6. The van der Waals surface area contributed by atoms with Crippen LogP contribution in [0.3, 0.4) is 0 Å². The summed E-state index contributed by atoms with van der Waals surface area (Å²) in [6.07, 6.45) is 0.705. The first-order valence-electron chi connectivity index (χ1n) is 9.11. The first-order valence-corrected chi connectivity index (χ1v) is 9.11. The predicted molar refractivity (Wildman–Crippen MR) is 102 cm³/mol. The normalized spacial score (nSPS) is 16.5. The molecule has 2 N–H and O–H groups in total. The lowest BCUT2D eigenvalue weighted by Gasteiger charge is -2.28. The molecule has 9 nitrogen and oxygen atoms in total. The van der Waals surface area contributed by atoms with Crippen LogP contribution in [-0.2, 0) is 9.53 Å². The van der Waals surface area contributed by atoms with Crippen LogP contribution in [0.5, 0.6) is 5.75 Å². The lowest BCUT2D eigenvalue weighted by molar-refractivity contribution is -0.385. The smallest absolute Gasteiger partial charge is 0.338 e. The molecule has 0 fully saturated rings. The largest absolute Gasteiger partial charge is 0.487 e. The molecule has 0 aliphatic carbocycles. The quantitative estimate of drug-likeness (QED) is 0.399. The third-order valence-electron chi connectivity index (χ3n) is 4.01. The van der Waals surface area contributed by atoms with E-state index in [9.17, 15) is 19.7 Å². The third-order valence-corrected chi connectivity index (χ3v) is 4.01. The van der Waals surface area contributed by atoms with E-state index >= 15 is 0 Å². The minimum atomic E-state index is -0.868. The Balaban J connectivity index is 2.43. The van der Waals surface area contributed by atoms with E-state index < -0.39 is 23.0 Å². The zero-order chi connectivity index (χ0) is 20.8. The van der Waals surface area contributed by atoms with Crippen LogP contribution in [0.1, 0.15) is 45.7 Å². The molecule has 1 aliphatic heterocycles. The molecule has 1 aromatic rings. The predicted octanol–water partition coefficient (Wildman–Crippen LogP) is 3.21. The van der Waals surface area contributed by atoms with Gasteiger partial charge < -0.3 is 20.1 Å². The highest BCUT2D eigenvalue weighted by Gasteiger charge is 2.33. The first-order chi connectivity index (χ1) is 13.2. The lowest BCUT2D eigenvalue weighted by atomic mass is 9.95. The Labute approximate surface area is 163 Å². The fraction of sp³-hybridized carbons (Fsp3) is 0.474. The van der Waals surface area contributed by atoms with E-state index in [1.54, 1.807) is 13.0 Å². The Bertz CT molecular complexity index is 803. The highest BCUT2D eigenvalue weighted by Crippen LogP contribution is 2.34. The molecule has 152 valence electrons. The van der Waals surface area contributed by atoms with Gasteiger partial charge in [-0.05, 0) is 30.9 Å². The van der Waals surface area contributed by atoms with Crippen LogP contribution in [0.15, 0.2) is 29.5 Å². The van der Waals surface area contributed by atoms with Crippen molar-refractivity contribution >= 4 is 17.7 Å². The highest BCUT2D eigenvalue weighted by atomic mass is 16.6. The van der Waals surface area contributed by atoms with E-state index in [0.717, 1.165) is 0 Å². The molecule has 1 heterocycles. The van der Waals surface area contributed by atoms with E-state index in [4.69, 9.17) is 9.47 Å². The summed E-state index contributed by atoms with van der Waals surface area (Å²) in [4.78, 5) is 35.5. The van der Waals surface area contributed by atoms with Crippen LogP contribution in [0.2, 0.25) is 0 Å². The number of carbonyl (C=O) groups excluding carboxylic acids is 2. The number of carbonyl (C=O) groups is 2. The summed E-state index contributed by atoms with van der Waals surface area (Å²) in [5.74, 6) is -0.302. The van der Waals surface area contributed by atoms with Crippen LogP contribution < -0.4 is 15.4 Å². The van der Waals surface area contributed by atoms with Gasteiger partial charge in [0.1, 0.15) is 0 Å².